The molecule has 188 valence electrons. The molecule has 0 spiro atoms. The molecule has 37 heavy (non-hydrogen) atoms. The van der Waals surface area contributed by atoms with Crippen molar-refractivity contribution in [2.45, 2.75) is 19.3 Å². The first-order chi connectivity index (χ1) is 18.0. The SMILES string of the molecule is C=CCOc1cc(C2CC(=O)Nc3c2c(C)nn3-c2nncc(-c3cccc(OC)c3)n2)ccc1OC. The first kappa shape index (κ1) is 24.0. The number of hydrogen-bond donors (Lipinski definition) is 1. The third-order valence-electron chi connectivity index (χ3n) is 6.15. The van der Waals surface area contributed by atoms with E-state index in [4.69, 9.17) is 14.2 Å². The molecular formula is C27H26N6O4. The summed E-state index contributed by atoms with van der Waals surface area (Å²) < 4.78 is 18.1. The van der Waals surface area contributed by atoms with Crippen molar-refractivity contribution >= 4 is 11.7 Å². The summed E-state index contributed by atoms with van der Waals surface area (Å²) in [6.07, 6.45) is 3.50. The molecule has 4 aromatic rings. The average molecular weight is 499 g/mol. The number of fused-ring (bicyclic) bond motifs is 1. The van der Waals surface area contributed by atoms with E-state index in [-0.39, 0.29) is 24.2 Å². The van der Waals surface area contributed by atoms with Crippen LogP contribution in [0, 0.1) is 6.92 Å². The molecule has 1 N–H and O–H groups in total. The molecule has 2 aromatic carbocycles. The highest BCUT2D eigenvalue weighted by atomic mass is 16.5. The van der Waals surface area contributed by atoms with Crippen molar-refractivity contribution in [3.05, 3.63) is 78.1 Å². The predicted molar refractivity (Wildman–Crippen MR) is 137 cm³/mol. The van der Waals surface area contributed by atoms with Gasteiger partial charge < -0.3 is 19.5 Å². The Labute approximate surface area is 213 Å². The van der Waals surface area contributed by atoms with Crippen molar-refractivity contribution in [1.29, 1.82) is 0 Å². The second-order valence-electron chi connectivity index (χ2n) is 8.45. The maximum Gasteiger partial charge on any atom is 0.272 e. The highest BCUT2D eigenvalue weighted by Crippen LogP contribution is 2.42. The zero-order valence-corrected chi connectivity index (χ0v) is 20.8. The largest absolute Gasteiger partial charge is 0.497 e. The molecule has 0 saturated carbocycles. The van der Waals surface area contributed by atoms with E-state index in [1.165, 1.54) is 4.68 Å². The van der Waals surface area contributed by atoms with Gasteiger partial charge in [-0.1, -0.05) is 30.9 Å². The Balaban J connectivity index is 1.57. The van der Waals surface area contributed by atoms with Gasteiger partial charge in [0.05, 0.1) is 31.8 Å². The first-order valence-corrected chi connectivity index (χ1v) is 11.7. The van der Waals surface area contributed by atoms with Crippen LogP contribution < -0.4 is 19.5 Å². The van der Waals surface area contributed by atoms with Crippen LogP contribution in [0.2, 0.25) is 0 Å². The Morgan fingerprint density at radius 1 is 1.16 bits per heavy atom. The predicted octanol–water partition coefficient (Wildman–Crippen LogP) is 4.09. The van der Waals surface area contributed by atoms with E-state index in [9.17, 15) is 4.79 Å². The fourth-order valence-electron chi connectivity index (χ4n) is 4.45. The number of carbonyl (C=O) groups is 1. The highest BCUT2D eigenvalue weighted by Gasteiger charge is 2.34. The van der Waals surface area contributed by atoms with Crippen molar-refractivity contribution in [2.24, 2.45) is 0 Å². The molecule has 2 aromatic heterocycles. The van der Waals surface area contributed by atoms with Gasteiger partial charge in [-0.15, -0.1) is 5.10 Å². The number of carbonyl (C=O) groups excluding carboxylic acids is 1. The van der Waals surface area contributed by atoms with Gasteiger partial charge in [-0.05, 0) is 36.8 Å². The van der Waals surface area contributed by atoms with E-state index < -0.39 is 0 Å². The molecule has 1 amide bonds. The van der Waals surface area contributed by atoms with E-state index in [0.717, 1.165) is 22.4 Å². The standard InChI is InChI=1S/C27H26N6O4/c1-5-11-37-23-13-17(9-10-22(23)36-4)20-14-24(34)30-26-25(20)16(2)32-33(26)27-29-21(15-28-31-27)18-7-6-8-19(12-18)35-3/h5-10,12-13,15,20H,1,11,14H2,2-4H3,(H,30,34). The molecule has 1 aliphatic rings. The van der Waals surface area contributed by atoms with E-state index in [2.05, 4.69) is 32.2 Å². The smallest absolute Gasteiger partial charge is 0.272 e. The fourth-order valence-corrected chi connectivity index (χ4v) is 4.45. The first-order valence-electron chi connectivity index (χ1n) is 11.7. The molecular weight excluding hydrogens is 472 g/mol. The number of nitrogens with one attached hydrogen (secondary N) is 1. The molecule has 0 aliphatic carbocycles. The molecule has 0 bridgehead atoms. The van der Waals surface area contributed by atoms with Gasteiger partial charge in [0.1, 0.15) is 18.2 Å². The summed E-state index contributed by atoms with van der Waals surface area (Å²) in [5, 5.41) is 16.0. The quantitative estimate of drug-likeness (QED) is 0.362. The minimum Gasteiger partial charge on any atom is -0.497 e. The number of rotatable bonds is 8. The normalized spacial score (nSPS) is 14.5. The second kappa shape index (κ2) is 10.1. The molecule has 1 unspecified atom stereocenters. The maximum absolute atomic E-state index is 12.8. The van der Waals surface area contributed by atoms with E-state index in [1.54, 1.807) is 26.5 Å². The lowest BCUT2D eigenvalue weighted by Gasteiger charge is -2.25. The van der Waals surface area contributed by atoms with E-state index in [1.807, 2.05) is 49.4 Å². The van der Waals surface area contributed by atoms with Crippen LogP contribution in [0.4, 0.5) is 5.82 Å². The zero-order chi connectivity index (χ0) is 25.9. The van der Waals surface area contributed by atoms with Gasteiger partial charge in [0.15, 0.2) is 11.5 Å². The summed E-state index contributed by atoms with van der Waals surface area (Å²) >= 11 is 0. The molecule has 3 heterocycles. The average Bonchev–Trinajstić information content (AvgIpc) is 3.27. The Kier molecular flexibility index (Phi) is 6.55. The lowest BCUT2D eigenvalue weighted by molar-refractivity contribution is -0.116. The van der Waals surface area contributed by atoms with Gasteiger partial charge in [-0.25, -0.2) is 4.98 Å². The maximum atomic E-state index is 12.8. The van der Waals surface area contributed by atoms with Gasteiger partial charge in [0, 0.05) is 23.5 Å². The number of amides is 1. The second-order valence-corrected chi connectivity index (χ2v) is 8.45. The topological polar surface area (TPSA) is 113 Å². The summed E-state index contributed by atoms with van der Waals surface area (Å²) in [5.41, 5.74) is 3.96. The van der Waals surface area contributed by atoms with Crippen LogP contribution in [0.25, 0.3) is 17.2 Å². The number of nitrogens with zero attached hydrogens (tertiary/aromatic N) is 5. The van der Waals surface area contributed by atoms with Gasteiger partial charge in [-0.3, -0.25) is 4.79 Å². The third-order valence-corrected chi connectivity index (χ3v) is 6.15. The molecule has 10 heteroatoms. The van der Waals surface area contributed by atoms with Crippen LogP contribution in [0.1, 0.15) is 29.2 Å². The lowest BCUT2D eigenvalue weighted by Crippen LogP contribution is -2.25. The monoisotopic (exact) mass is 498 g/mol. The summed E-state index contributed by atoms with van der Waals surface area (Å²) in [6.45, 7) is 5.94. The van der Waals surface area contributed by atoms with Crippen LogP contribution in [0.5, 0.6) is 17.2 Å². The molecule has 0 radical (unpaired) electrons. The molecule has 0 saturated heterocycles. The summed E-state index contributed by atoms with van der Waals surface area (Å²) in [5.74, 6) is 2.27. The van der Waals surface area contributed by atoms with Crippen LogP contribution >= 0.6 is 0 Å². The molecule has 5 rings (SSSR count). The van der Waals surface area contributed by atoms with Gasteiger partial charge in [0.25, 0.3) is 5.95 Å². The van der Waals surface area contributed by atoms with Gasteiger partial charge >= 0.3 is 0 Å². The number of aryl methyl sites for hydroxylation is 1. The van der Waals surface area contributed by atoms with Crippen LogP contribution in [0.3, 0.4) is 0 Å². The Hall–Kier alpha value is -4.73. The van der Waals surface area contributed by atoms with Crippen molar-refractivity contribution in [3.8, 4) is 34.5 Å². The van der Waals surface area contributed by atoms with E-state index in [0.29, 0.717) is 35.4 Å². The van der Waals surface area contributed by atoms with Crippen LogP contribution in [0.15, 0.2) is 61.3 Å². The molecule has 10 nitrogen and oxygen atoms in total. The lowest BCUT2D eigenvalue weighted by atomic mass is 9.85. The van der Waals surface area contributed by atoms with Crippen LogP contribution in [-0.2, 0) is 4.79 Å². The van der Waals surface area contributed by atoms with E-state index >= 15 is 0 Å². The highest BCUT2D eigenvalue weighted by molar-refractivity contribution is 5.95. The summed E-state index contributed by atoms with van der Waals surface area (Å²) in [6, 6.07) is 13.2. The summed E-state index contributed by atoms with van der Waals surface area (Å²) in [4.78, 5) is 17.5. The van der Waals surface area contributed by atoms with Crippen molar-refractivity contribution in [1.82, 2.24) is 25.0 Å². The Morgan fingerprint density at radius 3 is 2.81 bits per heavy atom. The number of benzene rings is 2. The van der Waals surface area contributed by atoms with Crippen molar-refractivity contribution < 1.29 is 19.0 Å². The fraction of sp³-hybridized carbons (Fsp3) is 0.222. The van der Waals surface area contributed by atoms with Crippen LogP contribution in [-0.4, -0.2) is 51.7 Å². The van der Waals surface area contributed by atoms with Gasteiger partial charge in [-0.2, -0.15) is 14.9 Å². The minimum absolute atomic E-state index is 0.139. The third kappa shape index (κ3) is 4.61. The molecule has 1 atom stereocenters. The Bertz CT molecular complexity index is 1480. The molecule has 1 aliphatic heterocycles. The minimum atomic E-state index is -0.246. The summed E-state index contributed by atoms with van der Waals surface area (Å²) in [7, 11) is 3.20. The number of ether oxygens (including phenoxy) is 3. The number of aromatic nitrogens is 5. The number of hydrogen-bond acceptors (Lipinski definition) is 8. The zero-order valence-electron chi connectivity index (χ0n) is 20.8. The van der Waals surface area contributed by atoms with Gasteiger partial charge in [0.2, 0.25) is 5.91 Å². The number of methoxy groups -OCH3 is 2. The van der Waals surface area contributed by atoms with Crippen molar-refractivity contribution in [2.75, 3.05) is 26.1 Å². The Morgan fingerprint density at radius 2 is 2.03 bits per heavy atom. The van der Waals surface area contributed by atoms with Crippen molar-refractivity contribution in [3.63, 3.8) is 0 Å². The number of anilines is 1. The molecule has 0 fully saturated rings.